The van der Waals surface area contributed by atoms with E-state index in [0.29, 0.717) is 18.3 Å². The monoisotopic (exact) mass is 243 g/mol. The number of hydrogen-bond acceptors (Lipinski definition) is 3. The minimum atomic E-state index is -3.08. The average molecular weight is 244 g/mol. The van der Waals surface area contributed by atoms with Crippen LogP contribution in [0.4, 0.5) is 0 Å². The topological polar surface area (TPSA) is 37.4 Å². The van der Waals surface area contributed by atoms with Gasteiger partial charge in [0.1, 0.15) is 0 Å². The van der Waals surface area contributed by atoms with E-state index >= 15 is 0 Å². The van der Waals surface area contributed by atoms with Crippen LogP contribution in [-0.2, 0) is 10.0 Å². The number of hydrogen-bond donors (Lipinski definition) is 0. The Bertz CT molecular complexity index is 255. The van der Waals surface area contributed by atoms with Gasteiger partial charge in [0, 0.05) is 30.0 Å². The molecule has 0 N–H and O–H groups in total. The number of sulfonamides is 1. The normalized spacial score (nSPS) is 26.2. The summed E-state index contributed by atoms with van der Waals surface area (Å²) in [5.41, 5.74) is 0. The lowest BCUT2D eigenvalue weighted by Crippen LogP contribution is -2.42. The molecule has 0 spiro atoms. The molecule has 3 nitrogen and oxygen atoms in total. The lowest BCUT2D eigenvalue weighted by atomic mass is 10.4. The predicted molar refractivity (Wildman–Crippen MR) is 58.0 cm³/mol. The van der Waals surface area contributed by atoms with Crippen molar-refractivity contribution < 1.29 is 8.42 Å². The molecule has 1 unspecified atom stereocenters. The molecule has 6 heteroatoms. The van der Waals surface area contributed by atoms with Gasteiger partial charge in [-0.25, -0.2) is 8.42 Å². The van der Waals surface area contributed by atoms with Crippen LogP contribution >= 0.6 is 23.4 Å². The van der Waals surface area contributed by atoms with E-state index < -0.39 is 10.0 Å². The van der Waals surface area contributed by atoms with Gasteiger partial charge in [-0.15, -0.1) is 11.6 Å². The highest BCUT2D eigenvalue weighted by Gasteiger charge is 2.26. The van der Waals surface area contributed by atoms with Gasteiger partial charge in [-0.2, -0.15) is 16.1 Å². The largest absolute Gasteiger partial charge is 0.215 e. The van der Waals surface area contributed by atoms with Crippen LogP contribution in [0.2, 0.25) is 0 Å². The van der Waals surface area contributed by atoms with Crippen LogP contribution in [0, 0.1) is 0 Å². The Morgan fingerprint density at radius 3 is 2.85 bits per heavy atom. The third kappa shape index (κ3) is 3.31. The van der Waals surface area contributed by atoms with E-state index in [2.05, 4.69) is 0 Å². The van der Waals surface area contributed by atoms with Crippen molar-refractivity contribution in [2.45, 2.75) is 12.2 Å². The highest BCUT2D eigenvalue weighted by molar-refractivity contribution is 8.00. The van der Waals surface area contributed by atoms with Crippen LogP contribution in [0.1, 0.15) is 6.92 Å². The summed E-state index contributed by atoms with van der Waals surface area (Å²) in [6.45, 7) is 3.31. The third-order valence-electron chi connectivity index (χ3n) is 1.93. The van der Waals surface area contributed by atoms with Crippen molar-refractivity contribution >= 4 is 33.4 Å². The van der Waals surface area contributed by atoms with Gasteiger partial charge in [0.15, 0.2) is 0 Å². The van der Waals surface area contributed by atoms with Crippen LogP contribution in [0.5, 0.6) is 0 Å². The van der Waals surface area contributed by atoms with Crippen LogP contribution < -0.4 is 0 Å². The zero-order valence-electron chi connectivity index (χ0n) is 7.57. The zero-order valence-corrected chi connectivity index (χ0v) is 9.96. The first-order chi connectivity index (χ1) is 6.06. The molecule has 0 aliphatic carbocycles. The smallest absolute Gasteiger partial charge is 0.212 e. The molecular weight excluding hydrogens is 230 g/mol. The Hall–Kier alpha value is 0.550. The molecule has 78 valence electrons. The second-order valence-corrected chi connectivity index (χ2v) is 7.06. The van der Waals surface area contributed by atoms with Gasteiger partial charge in [-0.1, -0.05) is 6.92 Å². The maximum atomic E-state index is 11.6. The zero-order chi connectivity index (χ0) is 9.90. The molecule has 0 saturated carbocycles. The van der Waals surface area contributed by atoms with Gasteiger partial charge in [0.05, 0.1) is 5.75 Å². The van der Waals surface area contributed by atoms with E-state index in [9.17, 15) is 8.42 Å². The van der Waals surface area contributed by atoms with Crippen molar-refractivity contribution in [2.24, 2.45) is 0 Å². The second kappa shape index (κ2) is 4.87. The molecule has 0 aromatic carbocycles. The fourth-order valence-electron chi connectivity index (χ4n) is 1.27. The fourth-order valence-corrected chi connectivity index (χ4v) is 4.35. The summed E-state index contributed by atoms with van der Waals surface area (Å²) < 4.78 is 24.7. The van der Waals surface area contributed by atoms with E-state index in [-0.39, 0.29) is 11.6 Å². The molecule has 1 rings (SSSR count). The Kier molecular flexibility index (Phi) is 4.35. The quantitative estimate of drug-likeness (QED) is 0.694. The first-order valence-electron chi connectivity index (χ1n) is 4.21. The number of halogens is 1. The lowest BCUT2D eigenvalue weighted by molar-refractivity contribution is 0.425. The van der Waals surface area contributed by atoms with Gasteiger partial charge in [-0.05, 0) is 0 Å². The minimum absolute atomic E-state index is 0.0615. The third-order valence-corrected chi connectivity index (χ3v) is 5.32. The molecule has 13 heavy (non-hydrogen) atoms. The van der Waals surface area contributed by atoms with Crippen molar-refractivity contribution in [2.75, 3.05) is 30.5 Å². The van der Waals surface area contributed by atoms with Gasteiger partial charge in [0.2, 0.25) is 10.0 Å². The molecule has 0 amide bonds. The number of nitrogens with zero attached hydrogens (tertiary/aromatic N) is 1. The molecule has 1 aliphatic rings. The molecule has 0 aromatic heterocycles. The maximum absolute atomic E-state index is 11.6. The van der Waals surface area contributed by atoms with E-state index in [1.54, 1.807) is 4.31 Å². The molecular formula is C7H14ClNO2S2. The Morgan fingerprint density at radius 1 is 1.62 bits per heavy atom. The van der Waals surface area contributed by atoms with Crippen LogP contribution in [0.25, 0.3) is 0 Å². The van der Waals surface area contributed by atoms with Crippen molar-refractivity contribution in [1.29, 1.82) is 0 Å². The number of thioether (sulfide) groups is 1. The molecule has 0 aromatic rings. The second-order valence-electron chi connectivity index (χ2n) is 3.04. The van der Waals surface area contributed by atoms with E-state index in [1.807, 2.05) is 18.7 Å². The van der Waals surface area contributed by atoms with E-state index in [1.165, 1.54) is 0 Å². The van der Waals surface area contributed by atoms with Crippen LogP contribution in [-0.4, -0.2) is 48.4 Å². The molecule has 1 fully saturated rings. The first-order valence-corrected chi connectivity index (χ1v) is 7.41. The Morgan fingerprint density at radius 2 is 2.31 bits per heavy atom. The summed E-state index contributed by atoms with van der Waals surface area (Å²) >= 11 is 7.25. The highest BCUT2D eigenvalue weighted by Crippen LogP contribution is 2.20. The van der Waals surface area contributed by atoms with Crippen LogP contribution in [0.3, 0.4) is 0 Å². The van der Waals surface area contributed by atoms with Gasteiger partial charge >= 0.3 is 0 Å². The highest BCUT2D eigenvalue weighted by atomic mass is 35.5. The van der Waals surface area contributed by atoms with Crippen LogP contribution in [0.15, 0.2) is 0 Å². The van der Waals surface area contributed by atoms with Gasteiger partial charge in [0.25, 0.3) is 0 Å². The minimum Gasteiger partial charge on any atom is -0.212 e. The predicted octanol–water partition coefficient (Wildman–Crippen LogP) is 0.992. The van der Waals surface area contributed by atoms with Crippen molar-refractivity contribution in [3.05, 3.63) is 0 Å². The van der Waals surface area contributed by atoms with E-state index in [0.717, 1.165) is 5.75 Å². The molecule has 1 aliphatic heterocycles. The maximum Gasteiger partial charge on any atom is 0.215 e. The Labute approximate surface area is 88.9 Å². The summed E-state index contributed by atoms with van der Waals surface area (Å²) in [4.78, 5) is 0. The summed E-state index contributed by atoms with van der Waals surface area (Å²) in [7, 11) is -3.08. The summed E-state index contributed by atoms with van der Waals surface area (Å²) in [5, 5.41) is 0.402. The molecule has 1 heterocycles. The summed E-state index contributed by atoms with van der Waals surface area (Å²) in [6.07, 6.45) is 0. The molecule has 0 bridgehead atoms. The molecule has 1 atom stereocenters. The number of alkyl halides is 1. The lowest BCUT2D eigenvalue weighted by Gasteiger charge is -2.29. The first kappa shape index (κ1) is 11.6. The molecule has 1 saturated heterocycles. The standard InChI is InChI=1S/C7H14ClNO2S2/c1-7-6-9(3-4-12-7)13(10,11)5-2-8/h7H,2-6H2,1H3. The average Bonchev–Trinajstić information content (AvgIpc) is 2.04. The van der Waals surface area contributed by atoms with Crippen molar-refractivity contribution in [3.8, 4) is 0 Å². The summed E-state index contributed by atoms with van der Waals surface area (Å²) in [5.74, 6) is 1.13. The van der Waals surface area contributed by atoms with Gasteiger partial charge < -0.3 is 0 Å². The Balaban J connectivity index is 2.60. The number of rotatable bonds is 3. The SMILES string of the molecule is CC1CN(S(=O)(=O)CCCl)CCS1. The molecule has 0 radical (unpaired) electrons. The van der Waals surface area contributed by atoms with Crippen molar-refractivity contribution in [1.82, 2.24) is 4.31 Å². The van der Waals surface area contributed by atoms with E-state index in [4.69, 9.17) is 11.6 Å². The summed E-state index contributed by atoms with van der Waals surface area (Å²) in [6, 6.07) is 0. The van der Waals surface area contributed by atoms with Crippen molar-refractivity contribution in [3.63, 3.8) is 0 Å². The fraction of sp³-hybridized carbons (Fsp3) is 1.00. The van der Waals surface area contributed by atoms with Gasteiger partial charge in [-0.3, -0.25) is 0 Å².